The number of fused-ring (bicyclic) bond motifs is 4. The SMILES string of the molecule is Cn1nc(-c2ncc(F)c(N[C@@H]3CC4CCC3CC4)n2)c2cc(F)cnc21.O=[C-]NCC(=O)NCONC=O.[Fm]. The summed E-state index contributed by atoms with van der Waals surface area (Å²) in [4.78, 5) is 46.7. The molecule has 13 nitrogen and oxygen atoms in total. The summed E-state index contributed by atoms with van der Waals surface area (Å²) in [6.07, 6.45) is 9.94. The van der Waals surface area contributed by atoms with Crippen LogP contribution in [0.3, 0.4) is 0 Å². The van der Waals surface area contributed by atoms with Crippen molar-refractivity contribution in [3.8, 4) is 11.5 Å². The Labute approximate surface area is 222 Å². The van der Waals surface area contributed by atoms with Crippen molar-refractivity contribution in [3.05, 3.63) is 30.1 Å². The molecule has 1 atom stereocenters. The zero-order valence-corrected chi connectivity index (χ0v) is 23.8. The summed E-state index contributed by atoms with van der Waals surface area (Å²) in [7, 11) is 1.72. The largest absolute Gasteiger partial charge is 0.522 e. The Bertz CT molecular complexity index is 1320. The molecule has 3 aliphatic rings. The van der Waals surface area contributed by atoms with Gasteiger partial charge >= 0.3 is 0 Å². The molecule has 0 aromatic carbocycles. The van der Waals surface area contributed by atoms with Gasteiger partial charge in [-0.15, -0.1) is 0 Å². The van der Waals surface area contributed by atoms with Gasteiger partial charge in [-0.25, -0.2) is 33.9 Å². The van der Waals surface area contributed by atoms with Crippen molar-refractivity contribution < 1.29 is 28.0 Å². The van der Waals surface area contributed by atoms with E-state index in [2.05, 4.69) is 35.5 Å². The predicted molar refractivity (Wildman–Crippen MR) is 134 cm³/mol. The molecule has 3 aromatic heterocycles. The smallest absolute Gasteiger partial charge is 0.238 e. The molecule has 3 amide bonds. The maximum Gasteiger partial charge on any atom is 0.238 e. The average molecular weight is 802 g/mol. The van der Waals surface area contributed by atoms with Crippen molar-refractivity contribution in [2.24, 2.45) is 18.9 Å². The number of hydrogen-bond donors (Lipinski definition) is 4. The van der Waals surface area contributed by atoms with Gasteiger partial charge in [-0.05, 0) is 37.2 Å². The van der Waals surface area contributed by atoms with Crippen molar-refractivity contribution in [1.29, 1.82) is 0 Å². The summed E-state index contributed by atoms with van der Waals surface area (Å²) in [5, 5.41) is 12.4. The van der Waals surface area contributed by atoms with Crippen LogP contribution in [0.15, 0.2) is 18.5 Å². The minimum atomic E-state index is -0.482. The Morgan fingerprint density at radius 3 is 2.67 bits per heavy atom. The number of aromatic nitrogens is 5. The molecule has 2 bridgehead atoms. The Morgan fingerprint density at radius 2 is 2.00 bits per heavy atom. The van der Waals surface area contributed by atoms with Crippen molar-refractivity contribution in [2.75, 3.05) is 18.6 Å². The Hall–Kier alpha value is -5.27. The minimum absolute atomic E-state index is 0. The van der Waals surface area contributed by atoms with Crippen LogP contribution in [-0.2, 0) is 26.3 Å². The van der Waals surface area contributed by atoms with Gasteiger partial charge in [0, 0.05) is 13.1 Å². The van der Waals surface area contributed by atoms with Gasteiger partial charge in [-0.2, -0.15) is 11.5 Å². The average Bonchev–Trinajstić information content (AvgIpc) is 3.27. The first-order valence-electron chi connectivity index (χ1n) is 12.3. The first kappa shape index (κ1) is 29.3. The minimum Gasteiger partial charge on any atom is -0.522 e. The van der Waals surface area contributed by atoms with E-state index in [1.807, 2.05) is 10.8 Å². The molecule has 4 N–H and O–H groups in total. The van der Waals surface area contributed by atoms with Gasteiger partial charge in [-0.3, -0.25) is 14.4 Å². The third-order valence-corrected chi connectivity index (χ3v) is 6.76. The van der Waals surface area contributed by atoms with Crippen molar-refractivity contribution in [2.45, 2.75) is 38.1 Å². The molecule has 0 saturated heterocycles. The van der Waals surface area contributed by atoms with Crippen LogP contribution >= 0.6 is 0 Å². The third kappa shape index (κ3) is 6.98. The zero-order chi connectivity index (χ0) is 27.8. The number of rotatable bonds is 10. The van der Waals surface area contributed by atoms with Crippen LogP contribution in [0.5, 0.6) is 0 Å². The van der Waals surface area contributed by atoms with Crippen LogP contribution in [0.1, 0.15) is 32.1 Å². The van der Waals surface area contributed by atoms with Crippen LogP contribution in [0.4, 0.5) is 14.6 Å². The second-order valence-corrected chi connectivity index (χ2v) is 9.23. The van der Waals surface area contributed by atoms with Crippen molar-refractivity contribution in [1.82, 2.24) is 40.8 Å². The Kier molecular flexibility index (Phi) is 9.89. The molecule has 3 aliphatic carbocycles. The van der Waals surface area contributed by atoms with E-state index in [1.165, 1.54) is 38.2 Å². The number of carbonyl (C=O) groups is 2. The van der Waals surface area contributed by atoms with Gasteiger partial charge in [0.15, 0.2) is 23.1 Å². The van der Waals surface area contributed by atoms with E-state index >= 15 is 0 Å². The van der Waals surface area contributed by atoms with Gasteiger partial charge in [0.2, 0.25) is 12.3 Å². The van der Waals surface area contributed by atoms with Gasteiger partial charge in [0.1, 0.15) is 18.2 Å². The number of hydrogen-bond acceptors (Lipinski definition) is 9. The van der Waals surface area contributed by atoms with E-state index in [-0.39, 0.29) is 31.0 Å². The van der Waals surface area contributed by atoms with Crippen LogP contribution in [0.25, 0.3) is 22.6 Å². The first-order valence-corrected chi connectivity index (χ1v) is 12.3. The second-order valence-electron chi connectivity index (χ2n) is 9.23. The van der Waals surface area contributed by atoms with Crippen LogP contribution in [0, 0.1) is 23.5 Å². The Morgan fingerprint density at radius 1 is 1.23 bits per heavy atom. The molecule has 3 fully saturated rings. The fraction of sp³-hybridized carbons (Fsp3) is 0.458. The number of pyridine rings is 1. The van der Waals surface area contributed by atoms with E-state index in [0.717, 1.165) is 24.7 Å². The number of amides is 3. The molecule has 0 aliphatic heterocycles. The fourth-order valence-electron chi connectivity index (χ4n) is 4.96. The van der Waals surface area contributed by atoms with Gasteiger partial charge in [0.25, 0.3) is 0 Å². The number of aryl methyl sites for hydroxylation is 1. The zero-order valence-electron chi connectivity index (χ0n) is 21.4. The standard InChI is InChI=1S/C19H20F2N6.C5H8N3O4.Fm/c1-27-19-13(7-12(20)8-23-19)16(26-27)18-22-9-14(21)17(25-18)24-15-6-10-2-4-11(15)5-3-10;9-2-6-1-5(11)7-4-12-8-3-10;/h7-11,15H,2-6H2,1H3,(H,22,24,25);3H,1,4H2,(H,6,9)(H,7,11)(H,8,10);/q;-1;/t10?,11?,15-;;/m1../s1. The second kappa shape index (κ2) is 13.5. The summed E-state index contributed by atoms with van der Waals surface area (Å²) in [5.74, 6) is 0.372. The maximum absolute atomic E-state index is 14.4. The molecule has 6 rings (SSSR count). The number of anilines is 1. The normalized spacial score (nSPS) is 19.0. The van der Waals surface area contributed by atoms with E-state index in [4.69, 9.17) is 0 Å². The molecule has 0 unspecified atom stereocenters. The van der Waals surface area contributed by atoms with Gasteiger partial charge in [-0.1, -0.05) is 12.8 Å². The molecule has 40 heavy (non-hydrogen) atoms. The van der Waals surface area contributed by atoms with Gasteiger partial charge in [0.05, 0.1) is 24.3 Å². The van der Waals surface area contributed by atoms with Crippen molar-refractivity contribution in [3.63, 3.8) is 0 Å². The number of nitrogens with zero attached hydrogens (tertiary/aromatic N) is 5. The summed E-state index contributed by atoms with van der Waals surface area (Å²) in [6, 6.07) is 1.60. The number of nitrogens with one attached hydrogen (secondary N) is 4. The maximum atomic E-state index is 14.4. The van der Waals surface area contributed by atoms with Crippen LogP contribution in [0.2, 0.25) is 0 Å². The number of carbonyl (C=O) groups excluding carboxylic acids is 3. The summed E-state index contributed by atoms with van der Waals surface area (Å²) in [6.45, 7) is -0.327. The van der Waals surface area contributed by atoms with Gasteiger partial charge < -0.3 is 20.7 Å². The van der Waals surface area contributed by atoms with Crippen molar-refractivity contribution >= 4 is 35.6 Å². The van der Waals surface area contributed by atoms with Crippen LogP contribution < -0.4 is 21.4 Å². The molecule has 3 aromatic rings. The molecule has 0 radical (unpaired) electrons. The summed E-state index contributed by atoms with van der Waals surface area (Å²) < 4.78 is 29.6. The van der Waals surface area contributed by atoms with E-state index in [1.54, 1.807) is 11.7 Å². The quantitative estimate of drug-likeness (QED) is 0.0587. The van der Waals surface area contributed by atoms with E-state index in [9.17, 15) is 23.2 Å². The first-order chi connectivity index (χ1) is 18.9. The summed E-state index contributed by atoms with van der Waals surface area (Å²) >= 11 is 0. The summed E-state index contributed by atoms with van der Waals surface area (Å²) in [5.41, 5.74) is 2.79. The fourth-order valence-corrected chi connectivity index (χ4v) is 4.96. The molecule has 3 saturated carbocycles. The predicted octanol–water partition coefficient (Wildman–Crippen LogP) is 1.09. The number of halogens is 2. The molecule has 3 heterocycles. The topological polar surface area (TPSA) is 165 Å². The van der Waals surface area contributed by atoms with Crippen LogP contribution in [-0.4, -0.2) is 62.8 Å². The van der Waals surface area contributed by atoms with E-state index < -0.39 is 17.5 Å². The number of hydroxylamine groups is 1. The molecular weight excluding hydrogens is 773 g/mol. The Balaban J connectivity index is 0.000000292. The third-order valence-electron chi connectivity index (χ3n) is 6.76. The molecule has 16 heteroatoms. The molecular formula is C24H28F2FmN9O4-. The van der Waals surface area contributed by atoms with E-state index in [0.29, 0.717) is 29.1 Å². The monoisotopic (exact) mass is 801 g/mol. The molecule has 0 spiro atoms. The molecule has 220 valence electrons.